The van der Waals surface area contributed by atoms with E-state index in [2.05, 4.69) is 5.32 Å². The Morgan fingerprint density at radius 3 is 2.52 bits per heavy atom. The molecule has 1 fully saturated rings. The number of phenols is 1. The molecule has 0 radical (unpaired) electrons. The molecule has 4 N–H and O–H groups in total. The molecule has 1 aromatic rings. The average molecular weight is 418 g/mol. The summed E-state index contributed by atoms with van der Waals surface area (Å²) in [6.45, 7) is -0.511. The number of carbonyl (C=O) groups excluding carboxylic acids is 3. The number of hydrogen-bond acceptors (Lipinski definition) is 8. The molecular formula is C16H15KN2O7S. The molecule has 11 heteroatoms. The van der Waals surface area contributed by atoms with Crippen molar-refractivity contribution in [2.24, 2.45) is 0 Å². The van der Waals surface area contributed by atoms with Crippen molar-refractivity contribution in [3.05, 3.63) is 41.1 Å². The maximum absolute atomic E-state index is 12.3. The summed E-state index contributed by atoms with van der Waals surface area (Å²) in [7, 11) is 0. The second-order valence-electron chi connectivity index (χ2n) is 5.79. The first-order chi connectivity index (χ1) is 12.3. The maximum atomic E-state index is 12.3. The summed E-state index contributed by atoms with van der Waals surface area (Å²) < 4.78 is 0. The molecule has 2 heterocycles. The van der Waals surface area contributed by atoms with E-state index in [0.29, 0.717) is 0 Å². The number of amides is 2. The number of benzene rings is 1. The van der Waals surface area contributed by atoms with E-state index in [4.69, 9.17) is 0 Å². The number of carboxylic acid groups (broad SMARTS) is 1. The van der Waals surface area contributed by atoms with Gasteiger partial charge in [-0.15, -0.1) is 11.8 Å². The minimum Gasteiger partial charge on any atom is -0.543 e. The molecule has 138 valence electrons. The summed E-state index contributed by atoms with van der Waals surface area (Å²) in [4.78, 5) is 36.7. The molecule has 3 atom stereocenters. The quantitative estimate of drug-likeness (QED) is 0.274. The molecule has 2 aliphatic rings. The van der Waals surface area contributed by atoms with Gasteiger partial charge >= 0.3 is 51.4 Å². The van der Waals surface area contributed by atoms with Crippen LogP contribution in [0.5, 0.6) is 5.75 Å². The molecule has 2 aliphatic heterocycles. The zero-order valence-electron chi connectivity index (χ0n) is 14.3. The zero-order chi connectivity index (χ0) is 19.0. The fourth-order valence-electron chi connectivity index (χ4n) is 2.83. The van der Waals surface area contributed by atoms with Gasteiger partial charge in [-0.05, 0) is 23.3 Å². The summed E-state index contributed by atoms with van der Waals surface area (Å²) in [5, 5.41) is 41.6. The minimum atomic E-state index is -1.57. The summed E-state index contributed by atoms with van der Waals surface area (Å²) >= 11 is 1.20. The number of β-lactam (4-membered cyclic amide) rings is 1. The number of phenolic OH excluding ortho intramolecular Hbond substituents is 1. The van der Waals surface area contributed by atoms with Crippen LogP contribution in [0.1, 0.15) is 11.7 Å². The van der Waals surface area contributed by atoms with Crippen LogP contribution in [0.3, 0.4) is 0 Å². The number of nitrogens with zero attached hydrogens (tertiary/aromatic N) is 1. The van der Waals surface area contributed by atoms with Gasteiger partial charge in [0.15, 0.2) is 6.10 Å². The Labute approximate surface area is 200 Å². The molecule has 2 amide bonds. The largest absolute Gasteiger partial charge is 1.00 e. The van der Waals surface area contributed by atoms with Crippen LogP contribution in [-0.2, 0) is 14.4 Å². The molecule has 0 bridgehead atoms. The molecule has 0 spiro atoms. The Bertz CT molecular complexity index is 798. The first-order valence-electron chi connectivity index (χ1n) is 7.61. The fourth-order valence-corrected chi connectivity index (χ4v) is 4.17. The normalized spacial score (nSPS) is 22.3. The number of aliphatic carboxylic acids is 1. The summed E-state index contributed by atoms with van der Waals surface area (Å²) in [5.74, 6) is -2.88. The van der Waals surface area contributed by atoms with Crippen LogP contribution < -0.4 is 61.8 Å². The van der Waals surface area contributed by atoms with Gasteiger partial charge in [-0.3, -0.25) is 14.5 Å². The van der Waals surface area contributed by atoms with Gasteiger partial charge in [0.05, 0.1) is 18.3 Å². The van der Waals surface area contributed by atoms with Gasteiger partial charge < -0.3 is 30.5 Å². The van der Waals surface area contributed by atoms with Gasteiger partial charge in [0.25, 0.3) is 11.8 Å². The van der Waals surface area contributed by atoms with Crippen LogP contribution in [-0.4, -0.2) is 61.8 Å². The number of hydrogen-bond donors (Lipinski definition) is 4. The number of rotatable bonds is 5. The van der Waals surface area contributed by atoms with Crippen LogP contribution in [0.25, 0.3) is 0 Å². The van der Waals surface area contributed by atoms with Gasteiger partial charge in [-0.2, -0.15) is 0 Å². The summed E-state index contributed by atoms with van der Waals surface area (Å²) in [5.41, 5.74) is 0.0393. The average Bonchev–Trinajstić information content (AvgIpc) is 2.64. The van der Waals surface area contributed by atoms with E-state index < -0.39 is 41.9 Å². The molecule has 1 saturated heterocycles. The van der Waals surface area contributed by atoms with Gasteiger partial charge in [-0.1, -0.05) is 12.1 Å². The Hall–Kier alpha value is -0.924. The molecule has 3 rings (SSSR count). The Morgan fingerprint density at radius 1 is 1.33 bits per heavy atom. The number of nitrogens with one attached hydrogen (secondary N) is 1. The number of fused-ring (bicyclic) bond motifs is 1. The van der Waals surface area contributed by atoms with Crippen molar-refractivity contribution in [3.8, 4) is 5.75 Å². The van der Waals surface area contributed by atoms with Crippen molar-refractivity contribution < 1.29 is 86.2 Å². The number of carbonyl (C=O) groups is 3. The van der Waals surface area contributed by atoms with Crippen LogP contribution in [0.4, 0.5) is 0 Å². The fraction of sp³-hybridized carbons (Fsp3) is 0.312. The first-order valence-corrected chi connectivity index (χ1v) is 8.66. The number of aromatic hydroxyl groups is 1. The van der Waals surface area contributed by atoms with Crippen molar-refractivity contribution in [2.45, 2.75) is 17.5 Å². The Morgan fingerprint density at radius 2 is 1.96 bits per heavy atom. The topological polar surface area (TPSA) is 150 Å². The van der Waals surface area contributed by atoms with Gasteiger partial charge in [0.1, 0.15) is 17.2 Å². The maximum Gasteiger partial charge on any atom is 1.00 e. The van der Waals surface area contributed by atoms with Gasteiger partial charge in [0.2, 0.25) is 0 Å². The van der Waals surface area contributed by atoms with E-state index in [9.17, 15) is 34.8 Å². The number of carboxylic acids is 1. The molecule has 9 nitrogen and oxygen atoms in total. The predicted molar refractivity (Wildman–Crippen MR) is 87.2 cm³/mol. The van der Waals surface area contributed by atoms with E-state index in [1.165, 1.54) is 36.0 Å². The third-order valence-electron chi connectivity index (χ3n) is 4.19. The predicted octanol–water partition coefficient (Wildman–Crippen LogP) is -5.17. The molecule has 27 heavy (non-hydrogen) atoms. The van der Waals surface area contributed by atoms with Crippen LogP contribution in [0, 0.1) is 0 Å². The summed E-state index contributed by atoms with van der Waals surface area (Å²) in [6.07, 6.45) is -1.55. The van der Waals surface area contributed by atoms with Crippen molar-refractivity contribution >= 4 is 29.5 Å². The van der Waals surface area contributed by atoms with E-state index in [1.807, 2.05) is 0 Å². The van der Waals surface area contributed by atoms with Crippen molar-refractivity contribution in [3.63, 3.8) is 0 Å². The van der Waals surface area contributed by atoms with Crippen LogP contribution in [0.2, 0.25) is 0 Å². The van der Waals surface area contributed by atoms with Crippen LogP contribution in [0.15, 0.2) is 35.5 Å². The monoisotopic (exact) mass is 418 g/mol. The molecule has 0 aromatic heterocycles. The minimum absolute atomic E-state index is 0. The molecule has 0 saturated carbocycles. The van der Waals surface area contributed by atoms with Gasteiger partial charge in [-0.25, -0.2) is 0 Å². The van der Waals surface area contributed by atoms with Crippen molar-refractivity contribution in [1.29, 1.82) is 0 Å². The number of thioether (sulfide) groups is 1. The molecular weight excluding hydrogens is 403 g/mol. The van der Waals surface area contributed by atoms with Gasteiger partial charge in [0, 0.05) is 5.75 Å². The molecule has 0 aliphatic carbocycles. The molecule has 1 aromatic carbocycles. The second kappa shape index (κ2) is 9.05. The van der Waals surface area contributed by atoms with E-state index >= 15 is 0 Å². The third kappa shape index (κ3) is 4.25. The number of aliphatic hydroxyl groups excluding tert-OH is 2. The Kier molecular flexibility index (Phi) is 7.50. The Balaban J connectivity index is 0.00000261. The summed E-state index contributed by atoms with van der Waals surface area (Å²) in [6, 6.07) is 4.37. The van der Waals surface area contributed by atoms with Crippen molar-refractivity contribution in [1.82, 2.24) is 10.2 Å². The number of aliphatic hydroxyl groups is 2. The second-order valence-corrected chi connectivity index (χ2v) is 6.89. The van der Waals surface area contributed by atoms with Crippen molar-refractivity contribution in [2.75, 3.05) is 12.4 Å². The SMILES string of the molecule is O=C([O-])C1=C(CO)CS[C@@H]2[C@@H](NC(=O)C(O)c3ccc(O)cc3)C(=O)N12.[K+]. The smallest absolute Gasteiger partial charge is 0.543 e. The zero-order valence-corrected chi connectivity index (χ0v) is 18.2. The third-order valence-corrected chi connectivity index (χ3v) is 5.53. The van der Waals surface area contributed by atoms with E-state index in [1.54, 1.807) is 0 Å². The first kappa shape index (κ1) is 22.4. The van der Waals surface area contributed by atoms with E-state index in [-0.39, 0.29) is 79.7 Å². The van der Waals surface area contributed by atoms with Crippen LogP contribution >= 0.6 is 11.8 Å². The standard InChI is InChI=1S/C16H16N2O7S.K/c19-5-8-6-26-15-10(14(23)18(15)11(8)16(24)25)17-13(22)12(21)7-1-3-9(20)4-2-7;/h1-4,10,12,15,19-21H,5-6H2,(H,17,22)(H,24,25);/q;+1/p-1/t10-,12?,15+;/m0./s1. The van der Waals surface area contributed by atoms with E-state index in [0.717, 1.165) is 4.90 Å². The molecule has 1 unspecified atom stereocenters.